The van der Waals surface area contributed by atoms with Crippen molar-refractivity contribution in [3.05, 3.63) is 53.4 Å². The van der Waals surface area contributed by atoms with Crippen molar-refractivity contribution in [1.29, 1.82) is 0 Å². The molecule has 2 atom stereocenters. The molecule has 2 unspecified atom stereocenters. The van der Waals surface area contributed by atoms with Gasteiger partial charge in [-0.05, 0) is 43.3 Å². The zero-order chi connectivity index (χ0) is 16.8. The van der Waals surface area contributed by atoms with E-state index in [1.54, 1.807) is 43.3 Å². The van der Waals surface area contributed by atoms with Crippen LogP contribution in [0.5, 0.6) is 0 Å². The minimum Gasteiger partial charge on any atom is -0.467 e. The number of carbonyl (C=O) groups is 2. The lowest BCUT2D eigenvalue weighted by Crippen LogP contribution is -2.41. The van der Waals surface area contributed by atoms with Crippen molar-refractivity contribution >= 4 is 29.1 Å². The van der Waals surface area contributed by atoms with Crippen LogP contribution in [0.3, 0.4) is 0 Å². The predicted molar refractivity (Wildman–Crippen MR) is 86.0 cm³/mol. The quantitative estimate of drug-likeness (QED) is 0.731. The van der Waals surface area contributed by atoms with Crippen molar-refractivity contribution in [2.45, 2.75) is 25.5 Å². The summed E-state index contributed by atoms with van der Waals surface area (Å²) in [6.07, 6.45) is 0.842. The summed E-state index contributed by atoms with van der Waals surface area (Å²) in [6, 6.07) is 9.32. The van der Waals surface area contributed by atoms with Gasteiger partial charge in [0.1, 0.15) is 11.9 Å². The number of anilines is 1. The van der Waals surface area contributed by atoms with Crippen molar-refractivity contribution in [1.82, 2.24) is 5.32 Å². The Hall–Kier alpha value is -2.31. The third-order valence-corrected chi connectivity index (χ3v) is 3.39. The molecule has 122 valence electrons. The van der Waals surface area contributed by atoms with Gasteiger partial charge in [-0.3, -0.25) is 9.59 Å². The number of halogens is 1. The molecule has 23 heavy (non-hydrogen) atoms. The first kappa shape index (κ1) is 17.1. The first-order valence-electron chi connectivity index (χ1n) is 7.04. The third-order valence-electron chi connectivity index (χ3n) is 3.13. The van der Waals surface area contributed by atoms with Crippen LogP contribution in [-0.4, -0.2) is 23.0 Å². The first-order valence-corrected chi connectivity index (χ1v) is 7.42. The Balaban J connectivity index is 1.83. The number of carbonyl (C=O) groups excluding carboxylic acids is 2. The molecule has 0 bridgehead atoms. The molecule has 2 rings (SSSR count). The molecule has 7 heteroatoms. The smallest absolute Gasteiger partial charge is 0.313 e. The molecule has 2 aromatic rings. The second-order valence-electron chi connectivity index (χ2n) is 5.10. The highest BCUT2D eigenvalue weighted by Gasteiger charge is 2.20. The Morgan fingerprint density at radius 3 is 2.52 bits per heavy atom. The highest BCUT2D eigenvalue weighted by Crippen LogP contribution is 2.18. The van der Waals surface area contributed by atoms with Gasteiger partial charge in [-0.2, -0.15) is 0 Å². The Morgan fingerprint density at radius 2 is 1.91 bits per heavy atom. The predicted octanol–water partition coefficient (Wildman–Crippen LogP) is 2.50. The van der Waals surface area contributed by atoms with Gasteiger partial charge < -0.3 is 20.2 Å². The van der Waals surface area contributed by atoms with Crippen LogP contribution in [0.4, 0.5) is 5.69 Å². The summed E-state index contributed by atoms with van der Waals surface area (Å²) in [6.45, 7) is 1.69. The van der Waals surface area contributed by atoms with Crippen LogP contribution in [0.15, 0.2) is 47.1 Å². The molecule has 0 aliphatic heterocycles. The first-order chi connectivity index (χ1) is 11.0. The van der Waals surface area contributed by atoms with Gasteiger partial charge in [0, 0.05) is 23.2 Å². The van der Waals surface area contributed by atoms with Crippen LogP contribution in [0.25, 0.3) is 0 Å². The SMILES string of the molecule is CC(CC(O)c1ccco1)NC(=O)C(=O)Nc1ccc(Cl)cc1. The second-order valence-corrected chi connectivity index (χ2v) is 5.54. The summed E-state index contributed by atoms with van der Waals surface area (Å²) in [5, 5.41) is 15.5. The fraction of sp³-hybridized carbons (Fsp3) is 0.250. The fourth-order valence-electron chi connectivity index (χ4n) is 2.00. The van der Waals surface area contributed by atoms with E-state index in [1.165, 1.54) is 6.26 Å². The summed E-state index contributed by atoms with van der Waals surface area (Å²) in [5.41, 5.74) is 0.470. The van der Waals surface area contributed by atoms with E-state index in [0.29, 0.717) is 16.5 Å². The van der Waals surface area contributed by atoms with Crippen LogP contribution in [0, 0.1) is 0 Å². The van der Waals surface area contributed by atoms with E-state index in [4.69, 9.17) is 16.0 Å². The molecule has 1 heterocycles. The van der Waals surface area contributed by atoms with Crippen LogP contribution < -0.4 is 10.6 Å². The zero-order valence-electron chi connectivity index (χ0n) is 12.5. The van der Waals surface area contributed by atoms with Crippen LogP contribution in [0.2, 0.25) is 5.02 Å². The molecule has 0 saturated carbocycles. The van der Waals surface area contributed by atoms with Gasteiger partial charge in [0.15, 0.2) is 0 Å². The van der Waals surface area contributed by atoms with Crippen molar-refractivity contribution < 1.29 is 19.1 Å². The van der Waals surface area contributed by atoms with E-state index >= 15 is 0 Å². The molecule has 0 aliphatic carbocycles. The number of rotatable bonds is 5. The Kier molecular flexibility index (Phi) is 5.78. The maximum Gasteiger partial charge on any atom is 0.313 e. The van der Waals surface area contributed by atoms with Crippen molar-refractivity contribution in [2.75, 3.05) is 5.32 Å². The number of hydrogen-bond donors (Lipinski definition) is 3. The van der Waals surface area contributed by atoms with E-state index in [0.717, 1.165) is 0 Å². The van der Waals surface area contributed by atoms with Gasteiger partial charge in [0.05, 0.1) is 6.26 Å². The van der Waals surface area contributed by atoms with E-state index in [-0.39, 0.29) is 6.42 Å². The molecular weight excluding hydrogens is 320 g/mol. The van der Waals surface area contributed by atoms with Crippen LogP contribution in [0.1, 0.15) is 25.2 Å². The summed E-state index contributed by atoms with van der Waals surface area (Å²) < 4.78 is 5.08. The standard InChI is InChI=1S/C16H17ClN2O4/c1-10(9-13(20)14-3-2-8-23-14)18-15(21)16(22)19-12-6-4-11(17)5-7-12/h2-8,10,13,20H,9H2,1H3,(H,18,21)(H,19,22). The fourth-order valence-corrected chi connectivity index (χ4v) is 2.13. The van der Waals surface area contributed by atoms with Gasteiger partial charge >= 0.3 is 11.8 Å². The number of amides is 2. The average molecular weight is 337 g/mol. The molecule has 0 aliphatic rings. The Morgan fingerprint density at radius 1 is 1.22 bits per heavy atom. The summed E-state index contributed by atoms with van der Waals surface area (Å²) >= 11 is 5.75. The maximum atomic E-state index is 11.8. The molecule has 2 amide bonds. The molecule has 0 radical (unpaired) electrons. The number of benzene rings is 1. The highest BCUT2D eigenvalue weighted by molar-refractivity contribution is 6.39. The molecule has 1 aromatic heterocycles. The van der Waals surface area contributed by atoms with Gasteiger partial charge in [0.25, 0.3) is 0 Å². The van der Waals surface area contributed by atoms with Gasteiger partial charge in [-0.1, -0.05) is 11.6 Å². The van der Waals surface area contributed by atoms with E-state index in [1.807, 2.05) is 0 Å². The molecule has 0 saturated heterocycles. The second kappa shape index (κ2) is 7.80. The lowest BCUT2D eigenvalue weighted by Gasteiger charge is -2.16. The minimum absolute atomic E-state index is 0.230. The number of nitrogens with one attached hydrogen (secondary N) is 2. The Labute approximate surface area is 138 Å². The van der Waals surface area contributed by atoms with Crippen molar-refractivity contribution in [3.8, 4) is 0 Å². The van der Waals surface area contributed by atoms with Crippen molar-refractivity contribution in [3.63, 3.8) is 0 Å². The molecular formula is C16H17ClN2O4. The van der Waals surface area contributed by atoms with Crippen molar-refractivity contribution in [2.24, 2.45) is 0 Å². The number of aliphatic hydroxyl groups is 1. The van der Waals surface area contributed by atoms with Gasteiger partial charge in [-0.15, -0.1) is 0 Å². The molecule has 6 nitrogen and oxygen atoms in total. The van der Waals surface area contributed by atoms with E-state index in [9.17, 15) is 14.7 Å². The van der Waals surface area contributed by atoms with Crippen LogP contribution >= 0.6 is 11.6 Å². The van der Waals surface area contributed by atoms with E-state index < -0.39 is 24.0 Å². The monoisotopic (exact) mass is 336 g/mol. The molecule has 1 aromatic carbocycles. The average Bonchev–Trinajstić information content (AvgIpc) is 3.03. The summed E-state index contributed by atoms with van der Waals surface area (Å²) in [7, 11) is 0. The van der Waals surface area contributed by atoms with Gasteiger partial charge in [-0.25, -0.2) is 0 Å². The summed E-state index contributed by atoms with van der Waals surface area (Å²) in [5.74, 6) is -1.15. The lowest BCUT2D eigenvalue weighted by atomic mass is 10.1. The third kappa shape index (κ3) is 5.12. The minimum atomic E-state index is -0.848. The topological polar surface area (TPSA) is 91.6 Å². The molecule has 0 spiro atoms. The largest absolute Gasteiger partial charge is 0.467 e. The number of aliphatic hydroxyl groups excluding tert-OH is 1. The summed E-state index contributed by atoms with van der Waals surface area (Å²) in [4.78, 5) is 23.6. The van der Waals surface area contributed by atoms with Crippen LogP contribution in [-0.2, 0) is 9.59 Å². The zero-order valence-corrected chi connectivity index (χ0v) is 13.2. The normalized spacial score (nSPS) is 13.2. The lowest BCUT2D eigenvalue weighted by molar-refractivity contribution is -0.136. The molecule has 0 fully saturated rings. The maximum absolute atomic E-state index is 11.8. The van der Waals surface area contributed by atoms with E-state index in [2.05, 4.69) is 10.6 Å². The number of hydrogen-bond acceptors (Lipinski definition) is 4. The highest BCUT2D eigenvalue weighted by atomic mass is 35.5. The van der Waals surface area contributed by atoms with Gasteiger partial charge in [0.2, 0.25) is 0 Å². The molecule has 3 N–H and O–H groups in total. The number of furan rings is 1. The Bertz CT molecular complexity index is 655.